The summed E-state index contributed by atoms with van der Waals surface area (Å²) in [5, 5.41) is 17.7. The zero-order valence-electron chi connectivity index (χ0n) is 16.4. The van der Waals surface area contributed by atoms with E-state index in [1.54, 1.807) is 35.7 Å². The van der Waals surface area contributed by atoms with E-state index in [1.165, 1.54) is 11.3 Å². The number of nitrogens with one attached hydrogen (secondary N) is 2. The number of carbonyl (C=O) groups is 1. The normalized spacial score (nSPS) is 19.0. The summed E-state index contributed by atoms with van der Waals surface area (Å²) in [6.45, 7) is 0. The van der Waals surface area contributed by atoms with Crippen molar-refractivity contribution in [3.63, 3.8) is 0 Å². The third kappa shape index (κ3) is 4.64. The molecule has 2 aromatic heterocycles. The van der Waals surface area contributed by atoms with Crippen LogP contribution in [0.2, 0.25) is 0 Å². The van der Waals surface area contributed by atoms with E-state index >= 15 is 0 Å². The molecule has 1 saturated carbocycles. The summed E-state index contributed by atoms with van der Waals surface area (Å²) >= 11 is 1.23. The average molecular weight is 444 g/mol. The van der Waals surface area contributed by atoms with E-state index in [2.05, 4.69) is 15.6 Å². The van der Waals surface area contributed by atoms with Gasteiger partial charge in [-0.05, 0) is 49.3 Å². The van der Waals surface area contributed by atoms with Crippen LogP contribution in [0.1, 0.15) is 46.6 Å². The third-order valence-corrected chi connectivity index (χ3v) is 6.33. The average Bonchev–Trinajstić information content (AvgIpc) is 3.23. The zero-order valence-corrected chi connectivity index (χ0v) is 17.2. The van der Waals surface area contributed by atoms with Crippen molar-refractivity contribution in [1.29, 1.82) is 5.26 Å². The minimum absolute atomic E-state index is 0.00329. The Morgan fingerprint density at radius 3 is 2.55 bits per heavy atom. The zero-order chi connectivity index (χ0) is 22.0. The topological polar surface area (TPSA) is 77.8 Å². The summed E-state index contributed by atoms with van der Waals surface area (Å²) < 4.78 is 39.8. The first-order chi connectivity index (χ1) is 14.8. The van der Waals surface area contributed by atoms with Crippen LogP contribution in [0, 0.1) is 11.3 Å². The number of hydrogen-bond acceptors (Lipinski definition) is 5. The number of nitrogens with zero attached hydrogens (tertiary/aromatic N) is 2. The third-order valence-electron chi connectivity index (χ3n) is 5.42. The van der Waals surface area contributed by atoms with E-state index in [4.69, 9.17) is 5.26 Å². The van der Waals surface area contributed by atoms with Crippen molar-refractivity contribution >= 4 is 33.8 Å². The largest absolute Gasteiger partial charge is 0.433 e. The Bertz CT molecular complexity index is 1140. The van der Waals surface area contributed by atoms with Crippen LogP contribution < -0.4 is 10.6 Å². The summed E-state index contributed by atoms with van der Waals surface area (Å²) in [5.74, 6) is -0.252. The van der Waals surface area contributed by atoms with Gasteiger partial charge in [-0.1, -0.05) is 18.2 Å². The number of fused-ring (bicyclic) bond motifs is 1. The van der Waals surface area contributed by atoms with Gasteiger partial charge in [-0.15, -0.1) is 11.3 Å². The fourth-order valence-corrected chi connectivity index (χ4v) is 4.61. The second-order valence-corrected chi connectivity index (χ2v) is 8.43. The summed E-state index contributed by atoms with van der Waals surface area (Å²) in [6, 6.07) is 11.4. The molecule has 4 rings (SSSR count). The van der Waals surface area contributed by atoms with E-state index < -0.39 is 11.9 Å². The molecule has 160 valence electrons. The fourth-order valence-electron chi connectivity index (χ4n) is 3.87. The number of halogens is 3. The highest BCUT2D eigenvalue weighted by Gasteiger charge is 2.34. The van der Waals surface area contributed by atoms with Gasteiger partial charge in [0.15, 0.2) is 0 Å². The van der Waals surface area contributed by atoms with Crippen LogP contribution in [-0.4, -0.2) is 23.0 Å². The molecule has 0 saturated heterocycles. The quantitative estimate of drug-likeness (QED) is 0.569. The molecule has 5 nitrogen and oxygen atoms in total. The molecule has 1 aliphatic carbocycles. The SMILES string of the molecule is N#Cc1ccsc1C(=O)NC1CCC(Nc2cc(C(F)(F)F)nc3ccccc23)CC1. The van der Waals surface area contributed by atoms with E-state index in [0.29, 0.717) is 52.7 Å². The number of nitriles is 1. The molecule has 0 bridgehead atoms. The predicted octanol–water partition coefficient (Wildman–Crippen LogP) is 5.34. The number of hydrogen-bond donors (Lipinski definition) is 2. The number of benzene rings is 1. The number of anilines is 1. The van der Waals surface area contributed by atoms with E-state index in [0.717, 1.165) is 6.07 Å². The second-order valence-electron chi connectivity index (χ2n) is 7.51. The van der Waals surface area contributed by atoms with Gasteiger partial charge in [0.2, 0.25) is 0 Å². The summed E-state index contributed by atoms with van der Waals surface area (Å²) in [6.07, 6.45) is -1.71. The highest BCUT2D eigenvalue weighted by Crippen LogP contribution is 2.34. The second kappa shape index (κ2) is 8.55. The highest BCUT2D eigenvalue weighted by atomic mass is 32.1. The van der Waals surface area contributed by atoms with Crippen molar-refractivity contribution in [1.82, 2.24) is 10.3 Å². The molecule has 0 aliphatic heterocycles. The first-order valence-electron chi connectivity index (χ1n) is 9.87. The number of para-hydroxylation sites is 1. The van der Waals surface area contributed by atoms with Gasteiger partial charge in [-0.25, -0.2) is 4.98 Å². The molecule has 1 aromatic carbocycles. The molecule has 0 atom stereocenters. The monoisotopic (exact) mass is 444 g/mol. The van der Waals surface area contributed by atoms with Crippen LogP contribution in [0.3, 0.4) is 0 Å². The van der Waals surface area contributed by atoms with Gasteiger partial charge < -0.3 is 10.6 Å². The molecule has 3 aromatic rings. The predicted molar refractivity (Wildman–Crippen MR) is 113 cm³/mol. The summed E-state index contributed by atoms with van der Waals surface area (Å²) in [4.78, 5) is 16.6. The summed E-state index contributed by atoms with van der Waals surface area (Å²) in [7, 11) is 0. The van der Waals surface area contributed by atoms with Gasteiger partial charge in [0.1, 0.15) is 16.6 Å². The van der Waals surface area contributed by atoms with Crippen LogP contribution in [0.4, 0.5) is 18.9 Å². The minimum atomic E-state index is -4.52. The van der Waals surface area contributed by atoms with Gasteiger partial charge in [0, 0.05) is 23.2 Å². The van der Waals surface area contributed by atoms with Crippen molar-refractivity contribution in [2.45, 2.75) is 43.9 Å². The van der Waals surface area contributed by atoms with E-state index in [-0.39, 0.29) is 18.0 Å². The maximum absolute atomic E-state index is 13.3. The minimum Gasteiger partial charge on any atom is -0.382 e. The molecule has 0 radical (unpaired) electrons. The van der Waals surface area contributed by atoms with Crippen LogP contribution in [0.25, 0.3) is 10.9 Å². The smallest absolute Gasteiger partial charge is 0.382 e. The number of carbonyl (C=O) groups excluding carboxylic acids is 1. The van der Waals surface area contributed by atoms with Crippen LogP contribution in [-0.2, 0) is 6.18 Å². The lowest BCUT2D eigenvalue weighted by atomic mass is 9.90. The lowest BCUT2D eigenvalue weighted by molar-refractivity contribution is -0.140. The molecule has 0 spiro atoms. The Labute approximate surface area is 180 Å². The number of rotatable bonds is 4. The first-order valence-corrected chi connectivity index (χ1v) is 10.7. The maximum atomic E-state index is 13.3. The lowest BCUT2D eigenvalue weighted by Crippen LogP contribution is -2.40. The molecule has 2 N–H and O–H groups in total. The highest BCUT2D eigenvalue weighted by molar-refractivity contribution is 7.12. The van der Waals surface area contributed by atoms with Gasteiger partial charge in [-0.3, -0.25) is 4.79 Å². The standard InChI is InChI=1S/C22H19F3N4OS/c23-22(24,25)19-11-18(16-3-1-2-4-17(16)29-19)27-14-5-7-15(8-6-14)28-21(30)20-13(12-26)9-10-31-20/h1-4,9-11,14-15H,5-8H2,(H,27,29)(H,28,30). The van der Waals surface area contributed by atoms with Crippen LogP contribution >= 0.6 is 11.3 Å². The van der Waals surface area contributed by atoms with Gasteiger partial charge in [0.25, 0.3) is 5.91 Å². The molecule has 1 aliphatic rings. The number of alkyl halides is 3. The molecule has 9 heteroatoms. The molecule has 31 heavy (non-hydrogen) atoms. The fraction of sp³-hybridized carbons (Fsp3) is 0.318. The maximum Gasteiger partial charge on any atom is 0.433 e. The van der Waals surface area contributed by atoms with Crippen molar-refractivity contribution < 1.29 is 18.0 Å². The molecular weight excluding hydrogens is 425 g/mol. The van der Waals surface area contributed by atoms with Crippen LogP contribution in [0.5, 0.6) is 0 Å². The Morgan fingerprint density at radius 1 is 1.13 bits per heavy atom. The Hall–Kier alpha value is -3.12. The Kier molecular flexibility index (Phi) is 5.83. The molecule has 1 amide bonds. The van der Waals surface area contributed by atoms with E-state index in [1.807, 2.05) is 6.07 Å². The van der Waals surface area contributed by atoms with Crippen molar-refractivity contribution in [2.24, 2.45) is 0 Å². The molecular formula is C22H19F3N4OS. The molecule has 2 heterocycles. The van der Waals surface area contributed by atoms with Crippen molar-refractivity contribution in [2.75, 3.05) is 5.32 Å². The molecule has 0 unspecified atom stereocenters. The Morgan fingerprint density at radius 2 is 1.84 bits per heavy atom. The Balaban J connectivity index is 1.43. The number of aromatic nitrogens is 1. The van der Waals surface area contributed by atoms with Gasteiger partial charge >= 0.3 is 6.18 Å². The van der Waals surface area contributed by atoms with Gasteiger partial charge in [0.05, 0.1) is 11.1 Å². The van der Waals surface area contributed by atoms with Crippen molar-refractivity contribution in [3.8, 4) is 6.07 Å². The molecule has 1 fully saturated rings. The number of thiophene rings is 1. The number of pyridine rings is 1. The first kappa shape index (κ1) is 21.1. The summed E-state index contributed by atoms with van der Waals surface area (Å²) in [5.41, 5.74) is 0.162. The van der Waals surface area contributed by atoms with E-state index in [9.17, 15) is 18.0 Å². The van der Waals surface area contributed by atoms with Crippen LogP contribution in [0.15, 0.2) is 41.8 Å². The lowest BCUT2D eigenvalue weighted by Gasteiger charge is -2.30. The van der Waals surface area contributed by atoms with Crippen molar-refractivity contribution in [3.05, 3.63) is 57.9 Å². The number of amides is 1. The van der Waals surface area contributed by atoms with Gasteiger partial charge in [-0.2, -0.15) is 18.4 Å².